The molecule has 0 spiro atoms. The average Bonchev–Trinajstić information content (AvgIpc) is 2.64. The van der Waals surface area contributed by atoms with E-state index in [-0.39, 0.29) is 5.54 Å². The van der Waals surface area contributed by atoms with E-state index in [1.165, 1.54) is 9.88 Å². The summed E-state index contributed by atoms with van der Waals surface area (Å²) in [4.78, 5) is 8.33. The maximum atomic E-state index is 4.41. The van der Waals surface area contributed by atoms with Crippen molar-refractivity contribution in [2.45, 2.75) is 39.3 Å². The van der Waals surface area contributed by atoms with Gasteiger partial charge >= 0.3 is 0 Å². The highest BCUT2D eigenvalue weighted by Gasteiger charge is 2.25. The van der Waals surface area contributed by atoms with Gasteiger partial charge in [-0.15, -0.1) is 11.3 Å². The van der Waals surface area contributed by atoms with Gasteiger partial charge in [-0.1, -0.05) is 6.92 Å². The number of aromatic nitrogens is 1. The molecular formula is C12H21N3S. The van der Waals surface area contributed by atoms with E-state index >= 15 is 0 Å². The lowest BCUT2D eigenvalue weighted by Crippen LogP contribution is -2.56. The molecule has 0 unspecified atom stereocenters. The summed E-state index contributed by atoms with van der Waals surface area (Å²) >= 11 is 1.85. The Morgan fingerprint density at radius 3 is 3.00 bits per heavy atom. The average molecular weight is 239 g/mol. The number of aryl methyl sites for hydroxylation is 1. The predicted octanol–water partition coefficient (Wildman–Crippen LogP) is 1.89. The van der Waals surface area contributed by atoms with E-state index < -0.39 is 0 Å². The Labute approximate surface area is 102 Å². The number of piperazine rings is 1. The zero-order chi connectivity index (χ0) is 11.6. The molecule has 3 nitrogen and oxygen atoms in total. The summed E-state index contributed by atoms with van der Waals surface area (Å²) < 4.78 is 0. The molecule has 90 valence electrons. The Bertz CT molecular complexity index is 346. The first-order valence-electron chi connectivity index (χ1n) is 6.00. The number of hydrogen-bond acceptors (Lipinski definition) is 4. The standard InChI is InChI=1S/C12H21N3S/c1-4-11-13-7-10(16-11)8-15-6-5-14-12(2,3)9-15/h7,14H,4-6,8-9H2,1-3H3. The van der Waals surface area contributed by atoms with Crippen molar-refractivity contribution in [3.8, 4) is 0 Å². The van der Waals surface area contributed by atoms with E-state index in [2.05, 4.69) is 36.0 Å². The molecule has 0 aromatic carbocycles. The van der Waals surface area contributed by atoms with Gasteiger partial charge in [0.25, 0.3) is 0 Å². The van der Waals surface area contributed by atoms with E-state index in [0.717, 1.165) is 32.6 Å². The molecule has 1 N–H and O–H groups in total. The molecule has 1 aliphatic rings. The topological polar surface area (TPSA) is 28.2 Å². The van der Waals surface area contributed by atoms with Crippen molar-refractivity contribution < 1.29 is 0 Å². The fraction of sp³-hybridized carbons (Fsp3) is 0.750. The first kappa shape index (κ1) is 12.0. The maximum Gasteiger partial charge on any atom is 0.0925 e. The Kier molecular flexibility index (Phi) is 3.62. The Morgan fingerprint density at radius 2 is 2.38 bits per heavy atom. The van der Waals surface area contributed by atoms with E-state index in [1.54, 1.807) is 0 Å². The third kappa shape index (κ3) is 3.03. The molecule has 1 saturated heterocycles. The van der Waals surface area contributed by atoms with Crippen molar-refractivity contribution in [3.05, 3.63) is 16.1 Å². The van der Waals surface area contributed by atoms with Gasteiger partial charge in [0.05, 0.1) is 5.01 Å². The van der Waals surface area contributed by atoms with E-state index in [4.69, 9.17) is 0 Å². The maximum absolute atomic E-state index is 4.41. The molecule has 0 bridgehead atoms. The Morgan fingerprint density at radius 1 is 1.56 bits per heavy atom. The second-order valence-electron chi connectivity index (χ2n) is 5.10. The molecule has 16 heavy (non-hydrogen) atoms. The van der Waals surface area contributed by atoms with Gasteiger partial charge in [-0.05, 0) is 20.3 Å². The molecule has 4 heteroatoms. The van der Waals surface area contributed by atoms with Crippen LogP contribution in [0.4, 0.5) is 0 Å². The molecule has 1 aromatic rings. The quantitative estimate of drug-likeness (QED) is 0.873. The van der Waals surface area contributed by atoms with Gasteiger partial charge in [0.2, 0.25) is 0 Å². The second kappa shape index (κ2) is 4.82. The minimum Gasteiger partial charge on any atom is -0.309 e. The Balaban J connectivity index is 1.94. The summed E-state index contributed by atoms with van der Waals surface area (Å²) in [5.74, 6) is 0. The molecule has 1 aliphatic heterocycles. The third-order valence-electron chi connectivity index (χ3n) is 2.93. The number of nitrogens with one attached hydrogen (secondary N) is 1. The molecule has 0 amide bonds. The molecule has 0 saturated carbocycles. The number of thiazole rings is 1. The van der Waals surface area contributed by atoms with Crippen LogP contribution in [0.5, 0.6) is 0 Å². The SMILES string of the molecule is CCc1ncc(CN2CCNC(C)(C)C2)s1. The molecule has 0 aliphatic carbocycles. The van der Waals surface area contributed by atoms with Crippen LogP contribution in [0, 0.1) is 0 Å². The van der Waals surface area contributed by atoms with Gasteiger partial charge in [-0.3, -0.25) is 4.90 Å². The van der Waals surface area contributed by atoms with Gasteiger partial charge < -0.3 is 5.32 Å². The zero-order valence-electron chi connectivity index (χ0n) is 10.4. The summed E-state index contributed by atoms with van der Waals surface area (Å²) in [6.45, 7) is 11.1. The predicted molar refractivity (Wildman–Crippen MR) is 68.9 cm³/mol. The van der Waals surface area contributed by atoms with Gasteiger partial charge in [0.1, 0.15) is 0 Å². The van der Waals surface area contributed by atoms with Crippen molar-refractivity contribution in [1.82, 2.24) is 15.2 Å². The minimum atomic E-state index is 0.247. The lowest BCUT2D eigenvalue weighted by molar-refractivity contribution is 0.149. The highest BCUT2D eigenvalue weighted by molar-refractivity contribution is 7.11. The van der Waals surface area contributed by atoms with Gasteiger partial charge in [-0.2, -0.15) is 0 Å². The third-order valence-corrected chi connectivity index (χ3v) is 4.06. The molecule has 0 atom stereocenters. The largest absolute Gasteiger partial charge is 0.309 e. The smallest absolute Gasteiger partial charge is 0.0925 e. The molecule has 2 heterocycles. The zero-order valence-corrected chi connectivity index (χ0v) is 11.2. The number of nitrogens with zero attached hydrogens (tertiary/aromatic N) is 2. The summed E-state index contributed by atoms with van der Waals surface area (Å²) in [6, 6.07) is 0. The molecular weight excluding hydrogens is 218 g/mol. The highest BCUT2D eigenvalue weighted by Crippen LogP contribution is 2.18. The van der Waals surface area contributed by atoms with E-state index in [9.17, 15) is 0 Å². The van der Waals surface area contributed by atoms with Crippen molar-refractivity contribution in [1.29, 1.82) is 0 Å². The lowest BCUT2D eigenvalue weighted by Gasteiger charge is -2.38. The summed E-state index contributed by atoms with van der Waals surface area (Å²) in [5, 5.41) is 4.79. The fourth-order valence-corrected chi connectivity index (χ4v) is 3.09. The van der Waals surface area contributed by atoms with Crippen molar-refractivity contribution in [3.63, 3.8) is 0 Å². The molecule has 2 rings (SSSR count). The first-order chi connectivity index (χ1) is 7.59. The van der Waals surface area contributed by atoms with Crippen LogP contribution in [0.25, 0.3) is 0 Å². The summed E-state index contributed by atoms with van der Waals surface area (Å²) in [7, 11) is 0. The van der Waals surface area contributed by atoms with Crippen LogP contribution in [0.3, 0.4) is 0 Å². The Hall–Kier alpha value is -0.450. The van der Waals surface area contributed by atoms with Gasteiger partial charge in [0.15, 0.2) is 0 Å². The lowest BCUT2D eigenvalue weighted by atomic mass is 10.0. The normalized spacial score (nSPS) is 21.2. The fourth-order valence-electron chi connectivity index (χ4n) is 2.19. The van der Waals surface area contributed by atoms with Crippen LogP contribution < -0.4 is 5.32 Å². The van der Waals surface area contributed by atoms with Crippen molar-refractivity contribution in [2.75, 3.05) is 19.6 Å². The van der Waals surface area contributed by atoms with Crippen LogP contribution in [0.1, 0.15) is 30.7 Å². The molecule has 1 fully saturated rings. The summed E-state index contributed by atoms with van der Waals surface area (Å²) in [6.07, 6.45) is 3.09. The van der Waals surface area contributed by atoms with Crippen LogP contribution in [0.2, 0.25) is 0 Å². The first-order valence-corrected chi connectivity index (χ1v) is 6.82. The van der Waals surface area contributed by atoms with Crippen LogP contribution in [-0.2, 0) is 13.0 Å². The van der Waals surface area contributed by atoms with Crippen molar-refractivity contribution in [2.24, 2.45) is 0 Å². The number of rotatable bonds is 3. The van der Waals surface area contributed by atoms with Gasteiger partial charge in [0, 0.05) is 42.8 Å². The van der Waals surface area contributed by atoms with Crippen LogP contribution >= 0.6 is 11.3 Å². The van der Waals surface area contributed by atoms with Crippen LogP contribution in [0.15, 0.2) is 6.20 Å². The summed E-state index contributed by atoms with van der Waals surface area (Å²) in [5.41, 5.74) is 0.247. The van der Waals surface area contributed by atoms with Gasteiger partial charge in [-0.25, -0.2) is 4.98 Å². The molecule has 1 aromatic heterocycles. The van der Waals surface area contributed by atoms with E-state index in [1.807, 2.05) is 17.5 Å². The molecule has 0 radical (unpaired) electrons. The van der Waals surface area contributed by atoms with Crippen LogP contribution in [-0.4, -0.2) is 35.1 Å². The second-order valence-corrected chi connectivity index (χ2v) is 6.29. The van der Waals surface area contributed by atoms with E-state index in [0.29, 0.717) is 0 Å². The van der Waals surface area contributed by atoms with Crippen molar-refractivity contribution >= 4 is 11.3 Å². The monoisotopic (exact) mass is 239 g/mol. The minimum absolute atomic E-state index is 0.247. The number of hydrogen-bond donors (Lipinski definition) is 1. The highest BCUT2D eigenvalue weighted by atomic mass is 32.1.